The van der Waals surface area contributed by atoms with E-state index in [0.717, 1.165) is 12.3 Å². The molecule has 2 aromatic carbocycles. The molecule has 21 heavy (non-hydrogen) atoms. The molecule has 0 aliphatic rings. The molecule has 108 valence electrons. The van der Waals surface area contributed by atoms with Gasteiger partial charge in [0, 0.05) is 12.2 Å². The van der Waals surface area contributed by atoms with Crippen LogP contribution in [0.15, 0.2) is 36.4 Å². The Morgan fingerprint density at radius 2 is 1.67 bits per heavy atom. The molecule has 0 spiro atoms. The summed E-state index contributed by atoms with van der Waals surface area (Å²) in [5.41, 5.74) is 6.20. The quantitative estimate of drug-likeness (QED) is 0.895. The van der Waals surface area contributed by atoms with E-state index in [0.29, 0.717) is 0 Å². The van der Waals surface area contributed by atoms with Crippen molar-refractivity contribution in [3.63, 3.8) is 0 Å². The van der Waals surface area contributed by atoms with Crippen molar-refractivity contribution >= 4 is 5.69 Å². The Morgan fingerprint density at radius 3 is 2.24 bits per heavy atom. The number of nitriles is 1. The third-order valence-corrected chi connectivity index (χ3v) is 3.37. The Labute approximate surface area is 126 Å². The zero-order valence-electron chi connectivity index (χ0n) is 12.7. The summed E-state index contributed by atoms with van der Waals surface area (Å²) in [5, 5.41) is 12.0. The Bertz CT molecular complexity index is 631. The molecule has 0 atom stereocenters. The second-order valence-corrected chi connectivity index (χ2v) is 5.22. The first-order valence-electron chi connectivity index (χ1n) is 7.00. The Balaban J connectivity index is 2.02. The van der Waals surface area contributed by atoms with Crippen LogP contribution in [0.3, 0.4) is 0 Å². The number of nitrogens with one attached hydrogen (secondary N) is 1. The molecule has 2 aromatic rings. The van der Waals surface area contributed by atoms with Gasteiger partial charge in [-0.2, -0.15) is 5.26 Å². The van der Waals surface area contributed by atoms with Crippen LogP contribution in [0.1, 0.15) is 22.3 Å². The lowest BCUT2D eigenvalue weighted by atomic mass is 10.0. The first-order chi connectivity index (χ1) is 10.1. The van der Waals surface area contributed by atoms with Crippen molar-refractivity contribution in [2.24, 2.45) is 0 Å². The monoisotopic (exact) mass is 280 g/mol. The molecular weight excluding hydrogens is 260 g/mol. The normalized spacial score (nSPS) is 10.0. The summed E-state index contributed by atoms with van der Waals surface area (Å²) in [5.74, 6) is 0.725. The van der Waals surface area contributed by atoms with Crippen LogP contribution in [-0.2, 0) is 6.54 Å². The maximum absolute atomic E-state index is 8.48. The molecule has 0 saturated carbocycles. The van der Waals surface area contributed by atoms with Gasteiger partial charge in [0.15, 0.2) is 6.61 Å². The molecule has 3 heteroatoms. The van der Waals surface area contributed by atoms with E-state index in [1.807, 2.05) is 30.3 Å². The van der Waals surface area contributed by atoms with Gasteiger partial charge in [0.25, 0.3) is 0 Å². The van der Waals surface area contributed by atoms with Crippen LogP contribution in [0.2, 0.25) is 0 Å². The number of nitrogens with zero attached hydrogens (tertiary/aromatic N) is 1. The first-order valence-corrected chi connectivity index (χ1v) is 7.00. The molecule has 0 aromatic heterocycles. The number of rotatable bonds is 5. The Hall–Kier alpha value is -2.47. The van der Waals surface area contributed by atoms with Crippen LogP contribution in [-0.4, -0.2) is 6.61 Å². The molecule has 0 radical (unpaired) electrons. The van der Waals surface area contributed by atoms with Gasteiger partial charge in [-0.05, 0) is 49.6 Å². The van der Waals surface area contributed by atoms with Crippen LogP contribution >= 0.6 is 0 Å². The number of hydrogen-bond donors (Lipinski definition) is 1. The summed E-state index contributed by atoms with van der Waals surface area (Å²) < 4.78 is 5.24. The standard InChI is InChI=1S/C18H20N2O/c1-13-10-14(2)18(15(3)11-13)20-12-16-4-6-17(7-5-16)21-9-8-19/h4-7,10-11,20H,9,12H2,1-3H3. The van der Waals surface area contributed by atoms with E-state index in [1.54, 1.807) is 0 Å². The average molecular weight is 280 g/mol. The first kappa shape index (κ1) is 14.9. The SMILES string of the molecule is Cc1cc(C)c(NCc2ccc(OCC#N)cc2)c(C)c1. The smallest absolute Gasteiger partial charge is 0.174 e. The van der Waals surface area contributed by atoms with Crippen LogP contribution in [0.4, 0.5) is 5.69 Å². The summed E-state index contributed by atoms with van der Waals surface area (Å²) >= 11 is 0. The zero-order chi connectivity index (χ0) is 15.2. The number of anilines is 1. The maximum Gasteiger partial charge on any atom is 0.174 e. The van der Waals surface area contributed by atoms with Gasteiger partial charge in [-0.15, -0.1) is 0 Å². The lowest BCUT2D eigenvalue weighted by Gasteiger charge is -2.14. The van der Waals surface area contributed by atoms with Crippen LogP contribution in [0, 0.1) is 32.1 Å². The van der Waals surface area contributed by atoms with Crippen LogP contribution in [0.25, 0.3) is 0 Å². The molecule has 0 aliphatic heterocycles. The van der Waals surface area contributed by atoms with Gasteiger partial charge < -0.3 is 10.1 Å². The molecule has 0 fully saturated rings. The lowest BCUT2D eigenvalue weighted by molar-refractivity contribution is 0.368. The second-order valence-electron chi connectivity index (χ2n) is 5.22. The largest absolute Gasteiger partial charge is 0.479 e. The third-order valence-electron chi connectivity index (χ3n) is 3.37. The third kappa shape index (κ3) is 4.00. The lowest BCUT2D eigenvalue weighted by Crippen LogP contribution is -2.03. The number of ether oxygens (including phenoxy) is 1. The fraction of sp³-hybridized carbons (Fsp3) is 0.278. The highest BCUT2D eigenvalue weighted by molar-refractivity contribution is 5.58. The van der Waals surface area contributed by atoms with Gasteiger partial charge >= 0.3 is 0 Å². The van der Waals surface area contributed by atoms with E-state index in [9.17, 15) is 0 Å². The molecule has 0 heterocycles. The molecular formula is C18H20N2O. The van der Waals surface area contributed by atoms with Gasteiger partial charge in [0.1, 0.15) is 11.8 Å². The zero-order valence-corrected chi connectivity index (χ0v) is 12.7. The summed E-state index contributed by atoms with van der Waals surface area (Å²) in [4.78, 5) is 0. The molecule has 0 unspecified atom stereocenters. The van der Waals surface area contributed by atoms with Crippen molar-refractivity contribution in [2.45, 2.75) is 27.3 Å². The predicted molar refractivity (Wildman–Crippen MR) is 85.5 cm³/mol. The highest BCUT2D eigenvalue weighted by Gasteiger charge is 2.03. The number of hydrogen-bond acceptors (Lipinski definition) is 3. The van der Waals surface area contributed by atoms with Crippen molar-refractivity contribution in [3.8, 4) is 11.8 Å². The average Bonchev–Trinajstić information content (AvgIpc) is 2.45. The molecule has 2 rings (SSSR count). The minimum atomic E-state index is 0.0827. The molecule has 0 amide bonds. The van der Waals surface area contributed by atoms with Crippen molar-refractivity contribution in [1.82, 2.24) is 0 Å². The van der Waals surface area contributed by atoms with E-state index in [-0.39, 0.29) is 6.61 Å². The molecule has 0 saturated heterocycles. The summed E-state index contributed by atoms with van der Waals surface area (Å²) in [6, 6.07) is 14.1. The number of aryl methyl sites for hydroxylation is 3. The van der Waals surface area contributed by atoms with Gasteiger partial charge in [-0.3, -0.25) is 0 Å². The molecule has 1 N–H and O–H groups in total. The van der Waals surface area contributed by atoms with Crippen molar-refractivity contribution in [2.75, 3.05) is 11.9 Å². The van der Waals surface area contributed by atoms with Crippen molar-refractivity contribution < 1.29 is 4.74 Å². The minimum absolute atomic E-state index is 0.0827. The van der Waals surface area contributed by atoms with E-state index in [4.69, 9.17) is 10.00 Å². The van der Waals surface area contributed by atoms with Crippen molar-refractivity contribution in [1.29, 1.82) is 5.26 Å². The van der Waals surface area contributed by atoms with Gasteiger partial charge in [-0.1, -0.05) is 29.8 Å². The molecule has 0 bridgehead atoms. The fourth-order valence-electron chi connectivity index (χ4n) is 2.47. The number of benzene rings is 2. The topological polar surface area (TPSA) is 45.0 Å². The highest BCUT2D eigenvalue weighted by atomic mass is 16.5. The maximum atomic E-state index is 8.48. The molecule has 3 nitrogen and oxygen atoms in total. The van der Waals surface area contributed by atoms with Gasteiger partial charge in [0.05, 0.1) is 0 Å². The van der Waals surface area contributed by atoms with E-state index in [1.165, 1.54) is 27.9 Å². The second kappa shape index (κ2) is 6.81. The summed E-state index contributed by atoms with van der Waals surface area (Å²) in [6.45, 7) is 7.22. The van der Waals surface area contributed by atoms with Gasteiger partial charge in [-0.25, -0.2) is 0 Å². The summed E-state index contributed by atoms with van der Waals surface area (Å²) in [6.07, 6.45) is 0. The van der Waals surface area contributed by atoms with Crippen molar-refractivity contribution in [3.05, 3.63) is 58.7 Å². The van der Waals surface area contributed by atoms with E-state index >= 15 is 0 Å². The van der Waals surface area contributed by atoms with Gasteiger partial charge in [0.2, 0.25) is 0 Å². The minimum Gasteiger partial charge on any atom is -0.479 e. The Morgan fingerprint density at radius 1 is 1.05 bits per heavy atom. The van der Waals surface area contributed by atoms with E-state index in [2.05, 4.69) is 38.2 Å². The molecule has 0 aliphatic carbocycles. The van der Waals surface area contributed by atoms with Crippen LogP contribution in [0.5, 0.6) is 5.75 Å². The Kier molecular flexibility index (Phi) is 4.84. The predicted octanol–water partition coefficient (Wildman–Crippen LogP) is 4.13. The fourth-order valence-corrected chi connectivity index (χ4v) is 2.47. The summed E-state index contributed by atoms with van der Waals surface area (Å²) in [7, 11) is 0. The van der Waals surface area contributed by atoms with Crippen LogP contribution < -0.4 is 10.1 Å². The highest BCUT2D eigenvalue weighted by Crippen LogP contribution is 2.23. The van der Waals surface area contributed by atoms with E-state index < -0.39 is 0 Å².